The van der Waals surface area contributed by atoms with E-state index in [0.717, 1.165) is 23.2 Å². The zero-order valence-corrected chi connectivity index (χ0v) is 11.5. The Bertz CT molecular complexity index is 508. The predicted octanol–water partition coefficient (Wildman–Crippen LogP) is 0.772. The first-order chi connectivity index (χ1) is 8.74. The molecule has 2 heterocycles. The average Bonchev–Trinajstić information content (AvgIpc) is 2.96. The molecule has 0 aliphatic heterocycles. The van der Waals surface area contributed by atoms with Gasteiger partial charge in [0, 0.05) is 13.5 Å². The molecule has 0 atom stereocenters. The van der Waals surface area contributed by atoms with Gasteiger partial charge in [-0.1, -0.05) is 23.8 Å². The molecule has 0 unspecified atom stereocenters. The van der Waals surface area contributed by atoms with Crippen molar-refractivity contribution in [2.24, 2.45) is 7.05 Å². The van der Waals surface area contributed by atoms with Crippen LogP contribution in [0.4, 0.5) is 0 Å². The van der Waals surface area contributed by atoms with Gasteiger partial charge < -0.3 is 14.4 Å². The van der Waals surface area contributed by atoms with Gasteiger partial charge in [0.15, 0.2) is 11.0 Å². The zero-order valence-electron chi connectivity index (χ0n) is 10.7. The van der Waals surface area contributed by atoms with Gasteiger partial charge in [-0.2, -0.15) is 4.98 Å². The number of hydrogen-bond acceptors (Lipinski definition) is 7. The summed E-state index contributed by atoms with van der Waals surface area (Å²) >= 11 is 1.54. The van der Waals surface area contributed by atoms with Crippen LogP contribution in [0.1, 0.15) is 24.5 Å². The first-order valence-corrected chi connectivity index (χ1v) is 6.70. The zero-order chi connectivity index (χ0) is 13.0. The molecule has 0 spiro atoms. The molecular weight excluding hydrogens is 252 g/mol. The van der Waals surface area contributed by atoms with E-state index in [2.05, 4.69) is 25.7 Å². The van der Waals surface area contributed by atoms with Crippen LogP contribution in [0.15, 0.2) is 9.68 Å². The van der Waals surface area contributed by atoms with Crippen molar-refractivity contribution in [3.63, 3.8) is 0 Å². The van der Waals surface area contributed by atoms with Gasteiger partial charge in [-0.25, -0.2) is 0 Å². The van der Waals surface area contributed by atoms with Crippen molar-refractivity contribution in [3.05, 3.63) is 17.5 Å². The third-order valence-electron chi connectivity index (χ3n) is 2.41. The second kappa shape index (κ2) is 5.96. The highest BCUT2D eigenvalue weighted by Gasteiger charge is 2.11. The first-order valence-electron chi connectivity index (χ1n) is 5.71. The van der Waals surface area contributed by atoms with Crippen LogP contribution in [0.3, 0.4) is 0 Å². The van der Waals surface area contributed by atoms with Crippen LogP contribution in [0.2, 0.25) is 0 Å². The van der Waals surface area contributed by atoms with Gasteiger partial charge in [-0.15, -0.1) is 10.2 Å². The highest BCUT2D eigenvalue weighted by atomic mass is 32.2. The molecule has 0 saturated carbocycles. The maximum atomic E-state index is 5.12. The molecule has 0 saturated heterocycles. The Hall–Kier alpha value is -1.41. The van der Waals surface area contributed by atoms with E-state index >= 15 is 0 Å². The maximum Gasteiger partial charge on any atom is 0.237 e. The number of aromatic nitrogens is 5. The van der Waals surface area contributed by atoms with Crippen molar-refractivity contribution in [2.45, 2.75) is 30.8 Å². The van der Waals surface area contributed by atoms with E-state index in [-0.39, 0.29) is 0 Å². The van der Waals surface area contributed by atoms with Crippen LogP contribution in [0.5, 0.6) is 0 Å². The predicted molar refractivity (Wildman–Crippen MR) is 67.0 cm³/mol. The van der Waals surface area contributed by atoms with Crippen LogP contribution in [-0.2, 0) is 25.8 Å². The minimum absolute atomic E-state index is 0.610. The van der Waals surface area contributed by atoms with Gasteiger partial charge in [0.2, 0.25) is 5.89 Å². The van der Waals surface area contributed by atoms with Gasteiger partial charge in [-0.3, -0.25) is 0 Å². The van der Waals surface area contributed by atoms with Gasteiger partial charge >= 0.3 is 0 Å². The third kappa shape index (κ3) is 2.88. The number of rotatable bonds is 6. The molecule has 1 N–H and O–H groups in total. The minimum atomic E-state index is 0.610. The van der Waals surface area contributed by atoms with E-state index in [9.17, 15) is 0 Å². The number of nitrogens with one attached hydrogen (secondary N) is 1. The summed E-state index contributed by atoms with van der Waals surface area (Å²) in [7, 11) is 3.83. The molecule has 2 rings (SSSR count). The summed E-state index contributed by atoms with van der Waals surface area (Å²) in [5, 5.41) is 16.0. The number of nitrogens with zero attached hydrogens (tertiary/aromatic N) is 5. The molecule has 98 valence electrons. The lowest BCUT2D eigenvalue weighted by Crippen LogP contribution is -2.10. The van der Waals surface area contributed by atoms with Gasteiger partial charge in [0.1, 0.15) is 5.82 Å². The molecule has 0 radical (unpaired) electrons. The Kier molecular flexibility index (Phi) is 4.32. The van der Waals surface area contributed by atoms with E-state index in [4.69, 9.17) is 4.52 Å². The quantitative estimate of drug-likeness (QED) is 0.775. The van der Waals surface area contributed by atoms with E-state index in [1.807, 2.05) is 25.6 Å². The summed E-state index contributed by atoms with van der Waals surface area (Å²) in [6.07, 6.45) is 0.782. The maximum absolute atomic E-state index is 5.12. The molecule has 2 aromatic rings. The molecular formula is C10H16N6OS. The monoisotopic (exact) mass is 268 g/mol. The highest BCUT2D eigenvalue weighted by molar-refractivity contribution is 7.98. The molecule has 0 aliphatic carbocycles. The lowest BCUT2D eigenvalue weighted by atomic mass is 10.5. The van der Waals surface area contributed by atoms with Crippen LogP contribution in [-0.4, -0.2) is 32.0 Å². The van der Waals surface area contributed by atoms with Gasteiger partial charge in [0.05, 0.1) is 12.3 Å². The van der Waals surface area contributed by atoms with Crippen molar-refractivity contribution in [1.82, 2.24) is 30.2 Å². The van der Waals surface area contributed by atoms with Crippen LogP contribution in [0.25, 0.3) is 0 Å². The summed E-state index contributed by atoms with van der Waals surface area (Å²) in [5.41, 5.74) is 0. The van der Waals surface area contributed by atoms with Crippen LogP contribution >= 0.6 is 11.8 Å². The van der Waals surface area contributed by atoms with E-state index < -0.39 is 0 Å². The first kappa shape index (κ1) is 13.0. The lowest BCUT2D eigenvalue weighted by Gasteiger charge is -2.01. The molecule has 0 aliphatic rings. The number of hydrogen-bond donors (Lipinski definition) is 1. The Labute approximate surface area is 109 Å². The second-order valence-electron chi connectivity index (χ2n) is 3.73. The molecule has 0 aromatic carbocycles. The molecule has 0 bridgehead atoms. The SMILES string of the molecule is CCc1noc(CSc2nnc(CNC)n2C)n1. The lowest BCUT2D eigenvalue weighted by molar-refractivity contribution is 0.385. The summed E-state index contributed by atoms with van der Waals surface area (Å²) < 4.78 is 7.08. The van der Waals surface area contributed by atoms with Gasteiger partial charge in [-0.05, 0) is 7.05 Å². The molecule has 7 nitrogen and oxygen atoms in total. The van der Waals surface area contributed by atoms with Crippen LogP contribution < -0.4 is 5.32 Å². The smallest absolute Gasteiger partial charge is 0.237 e. The van der Waals surface area contributed by atoms with Crippen molar-refractivity contribution >= 4 is 11.8 Å². The second-order valence-corrected chi connectivity index (χ2v) is 4.68. The molecule has 0 fully saturated rings. The summed E-state index contributed by atoms with van der Waals surface area (Å²) in [6.45, 7) is 2.69. The van der Waals surface area contributed by atoms with Crippen molar-refractivity contribution in [2.75, 3.05) is 7.05 Å². The van der Waals surface area contributed by atoms with Crippen molar-refractivity contribution in [1.29, 1.82) is 0 Å². The van der Waals surface area contributed by atoms with Crippen molar-refractivity contribution < 1.29 is 4.52 Å². The van der Waals surface area contributed by atoms with E-state index in [1.165, 1.54) is 11.8 Å². The highest BCUT2D eigenvalue weighted by Crippen LogP contribution is 2.20. The van der Waals surface area contributed by atoms with Crippen molar-refractivity contribution in [3.8, 4) is 0 Å². The van der Waals surface area contributed by atoms with E-state index in [1.54, 1.807) is 0 Å². The Morgan fingerprint density at radius 1 is 1.39 bits per heavy atom. The van der Waals surface area contributed by atoms with Gasteiger partial charge in [0.25, 0.3) is 0 Å². The fourth-order valence-electron chi connectivity index (χ4n) is 1.40. The third-order valence-corrected chi connectivity index (χ3v) is 3.42. The summed E-state index contributed by atoms with van der Waals surface area (Å²) in [6, 6.07) is 0. The summed E-state index contributed by atoms with van der Waals surface area (Å²) in [4.78, 5) is 4.25. The van der Waals surface area contributed by atoms with Crippen LogP contribution in [0, 0.1) is 0 Å². The summed E-state index contributed by atoms with van der Waals surface area (Å²) in [5.74, 6) is 2.87. The normalized spacial score (nSPS) is 11.1. The van der Waals surface area contributed by atoms with E-state index in [0.29, 0.717) is 18.2 Å². The largest absolute Gasteiger partial charge is 0.338 e. The topological polar surface area (TPSA) is 81.7 Å². The fraction of sp³-hybridized carbons (Fsp3) is 0.600. The average molecular weight is 268 g/mol. The Balaban J connectivity index is 1.97. The minimum Gasteiger partial charge on any atom is -0.338 e. The number of thioether (sulfide) groups is 1. The molecule has 2 aromatic heterocycles. The fourth-order valence-corrected chi connectivity index (χ4v) is 2.17. The Morgan fingerprint density at radius 2 is 2.22 bits per heavy atom. The Morgan fingerprint density at radius 3 is 2.89 bits per heavy atom. The molecule has 0 amide bonds. The molecule has 8 heteroatoms. The standard InChI is InChI=1S/C10H16N6OS/c1-4-7-12-9(17-15-7)6-18-10-14-13-8(5-11-2)16(10)3/h11H,4-6H2,1-3H3. The number of aryl methyl sites for hydroxylation is 1. The molecule has 18 heavy (non-hydrogen) atoms.